The molecule has 0 aromatic carbocycles. The Bertz CT molecular complexity index is 199. The molecule has 0 amide bonds. The highest BCUT2D eigenvalue weighted by molar-refractivity contribution is 4.84. The first-order valence-corrected chi connectivity index (χ1v) is 7.23. The molecule has 0 saturated heterocycles. The third-order valence-electron chi connectivity index (χ3n) is 4.53. The lowest BCUT2D eigenvalue weighted by Gasteiger charge is -2.39. The predicted octanol–water partition coefficient (Wildman–Crippen LogP) is 2.64. The highest BCUT2D eigenvalue weighted by Gasteiger charge is 2.27. The molecule has 0 heterocycles. The maximum atomic E-state index is 3.62. The van der Waals surface area contributed by atoms with Crippen molar-refractivity contribution in [3.8, 4) is 0 Å². The Morgan fingerprint density at radius 2 is 1.88 bits per heavy atom. The second-order valence-electron chi connectivity index (χ2n) is 5.81. The van der Waals surface area contributed by atoms with Gasteiger partial charge in [-0.2, -0.15) is 0 Å². The average molecular weight is 224 g/mol. The van der Waals surface area contributed by atoms with Crippen molar-refractivity contribution in [2.45, 2.75) is 64.0 Å². The summed E-state index contributed by atoms with van der Waals surface area (Å²) in [7, 11) is 2.34. The van der Waals surface area contributed by atoms with E-state index in [0.29, 0.717) is 0 Å². The van der Waals surface area contributed by atoms with Gasteiger partial charge in [0.05, 0.1) is 0 Å². The third kappa shape index (κ3) is 3.21. The first-order valence-electron chi connectivity index (χ1n) is 7.23. The van der Waals surface area contributed by atoms with Gasteiger partial charge >= 0.3 is 0 Å². The predicted molar refractivity (Wildman–Crippen MR) is 69.7 cm³/mol. The molecule has 94 valence electrons. The van der Waals surface area contributed by atoms with Gasteiger partial charge in [-0.3, -0.25) is 0 Å². The average Bonchev–Trinajstić information content (AvgIpc) is 2.24. The van der Waals surface area contributed by atoms with E-state index in [2.05, 4.69) is 24.2 Å². The van der Waals surface area contributed by atoms with Crippen LogP contribution in [-0.4, -0.2) is 37.1 Å². The largest absolute Gasteiger partial charge is 0.314 e. The first-order chi connectivity index (χ1) is 7.79. The Kier molecular flexibility index (Phi) is 4.66. The fourth-order valence-electron chi connectivity index (χ4n) is 3.27. The number of rotatable bonds is 5. The van der Waals surface area contributed by atoms with Crippen molar-refractivity contribution >= 4 is 0 Å². The van der Waals surface area contributed by atoms with Gasteiger partial charge < -0.3 is 10.2 Å². The Morgan fingerprint density at radius 3 is 2.50 bits per heavy atom. The Balaban J connectivity index is 1.73. The van der Waals surface area contributed by atoms with Crippen molar-refractivity contribution in [1.29, 1.82) is 0 Å². The summed E-state index contributed by atoms with van der Waals surface area (Å²) in [6, 6.07) is 1.63. The number of hydrogen-bond donors (Lipinski definition) is 1. The van der Waals surface area contributed by atoms with Crippen LogP contribution in [-0.2, 0) is 0 Å². The molecular formula is C14H28N2. The molecule has 0 radical (unpaired) electrons. The number of nitrogens with one attached hydrogen (secondary N) is 1. The van der Waals surface area contributed by atoms with Crippen LogP contribution >= 0.6 is 0 Å². The van der Waals surface area contributed by atoms with Gasteiger partial charge in [-0.05, 0) is 51.6 Å². The Labute approximate surface area is 101 Å². The third-order valence-corrected chi connectivity index (χ3v) is 4.53. The van der Waals surface area contributed by atoms with Gasteiger partial charge in [-0.1, -0.05) is 19.8 Å². The van der Waals surface area contributed by atoms with Crippen molar-refractivity contribution in [3.05, 3.63) is 0 Å². The monoisotopic (exact) mass is 224 g/mol. The van der Waals surface area contributed by atoms with Crippen LogP contribution in [0.2, 0.25) is 0 Å². The Morgan fingerprint density at radius 1 is 1.12 bits per heavy atom. The smallest absolute Gasteiger partial charge is 0.0107 e. The van der Waals surface area contributed by atoms with Crippen molar-refractivity contribution < 1.29 is 0 Å². The molecule has 0 aliphatic heterocycles. The standard InChI is InChI=1S/C14H28N2/c1-3-15-13-8-5-9-14(10-13)16(2)11-12-6-4-7-12/h12-15H,3-11H2,1-2H3. The van der Waals surface area contributed by atoms with E-state index in [-0.39, 0.29) is 0 Å². The summed E-state index contributed by atoms with van der Waals surface area (Å²) in [4.78, 5) is 2.65. The molecule has 2 unspecified atom stereocenters. The van der Waals surface area contributed by atoms with Crippen molar-refractivity contribution in [2.75, 3.05) is 20.1 Å². The van der Waals surface area contributed by atoms with E-state index in [4.69, 9.17) is 0 Å². The van der Waals surface area contributed by atoms with Crippen molar-refractivity contribution in [3.63, 3.8) is 0 Å². The molecule has 2 aliphatic carbocycles. The summed E-state index contributed by atoms with van der Waals surface area (Å²) in [6.45, 7) is 4.70. The zero-order valence-electron chi connectivity index (χ0n) is 11.0. The molecular weight excluding hydrogens is 196 g/mol. The molecule has 0 aromatic rings. The zero-order valence-corrected chi connectivity index (χ0v) is 11.0. The topological polar surface area (TPSA) is 15.3 Å². The van der Waals surface area contributed by atoms with E-state index in [1.165, 1.54) is 51.5 Å². The summed E-state index contributed by atoms with van der Waals surface area (Å²) in [5, 5.41) is 3.62. The second kappa shape index (κ2) is 6.02. The van der Waals surface area contributed by atoms with E-state index >= 15 is 0 Å². The minimum atomic E-state index is 0.785. The van der Waals surface area contributed by atoms with Crippen LogP contribution in [0.4, 0.5) is 0 Å². The minimum Gasteiger partial charge on any atom is -0.314 e. The van der Waals surface area contributed by atoms with Crippen LogP contribution in [0.3, 0.4) is 0 Å². The van der Waals surface area contributed by atoms with Crippen LogP contribution in [0.15, 0.2) is 0 Å². The highest BCUT2D eigenvalue weighted by Crippen LogP contribution is 2.29. The molecule has 0 bridgehead atoms. The van der Waals surface area contributed by atoms with E-state index in [1.54, 1.807) is 0 Å². The molecule has 2 atom stereocenters. The van der Waals surface area contributed by atoms with Crippen LogP contribution < -0.4 is 5.32 Å². The summed E-state index contributed by atoms with van der Waals surface area (Å²) < 4.78 is 0. The molecule has 0 spiro atoms. The highest BCUT2D eigenvalue weighted by atomic mass is 15.1. The summed E-state index contributed by atoms with van der Waals surface area (Å²) in [6.07, 6.45) is 10.0. The molecule has 2 saturated carbocycles. The lowest BCUT2D eigenvalue weighted by Crippen LogP contribution is -2.44. The molecule has 2 fully saturated rings. The second-order valence-corrected chi connectivity index (χ2v) is 5.81. The van der Waals surface area contributed by atoms with Gasteiger partial charge in [0.1, 0.15) is 0 Å². The fourth-order valence-corrected chi connectivity index (χ4v) is 3.27. The molecule has 2 nitrogen and oxygen atoms in total. The molecule has 2 aliphatic rings. The normalized spacial score (nSPS) is 31.7. The molecule has 2 rings (SSSR count). The van der Waals surface area contributed by atoms with Crippen LogP contribution in [0.5, 0.6) is 0 Å². The SMILES string of the molecule is CCNC1CCCC(N(C)CC2CCC2)C1. The lowest BCUT2D eigenvalue weighted by atomic mass is 9.83. The minimum absolute atomic E-state index is 0.785. The lowest BCUT2D eigenvalue weighted by molar-refractivity contribution is 0.124. The van der Waals surface area contributed by atoms with Gasteiger partial charge in [0.15, 0.2) is 0 Å². The fraction of sp³-hybridized carbons (Fsp3) is 1.00. The van der Waals surface area contributed by atoms with Crippen molar-refractivity contribution in [1.82, 2.24) is 10.2 Å². The molecule has 2 heteroatoms. The first kappa shape index (κ1) is 12.4. The number of hydrogen-bond acceptors (Lipinski definition) is 2. The maximum Gasteiger partial charge on any atom is 0.0107 e. The zero-order chi connectivity index (χ0) is 11.4. The van der Waals surface area contributed by atoms with Crippen molar-refractivity contribution in [2.24, 2.45) is 5.92 Å². The van der Waals surface area contributed by atoms with E-state index in [0.717, 1.165) is 24.5 Å². The van der Waals surface area contributed by atoms with E-state index < -0.39 is 0 Å². The molecule has 0 aromatic heterocycles. The summed E-state index contributed by atoms with van der Waals surface area (Å²) >= 11 is 0. The van der Waals surface area contributed by atoms with E-state index in [9.17, 15) is 0 Å². The quantitative estimate of drug-likeness (QED) is 0.772. The van der Waals surface area contributed by atoms with Crippen LogP contribution in [0.1, 0.15) is 51.9 Å². The Hall–Kier alpha value is -0.0800. The maximum absolute atomic E-state index is 3.62. The van der Waals surface area contributed by atoms with Gasteiger partial charge in [0.2, 0.25) is 0 Å². The van der Waals surface area contributed by atoms with Gasteiger partial charge in [-0.25, -0.2) is 0 Å². The molecule has 1 N–H and O–H groups in total. The van der Waals surface area contributed by atoms with Crippen LogP contribution in [0, 0.1) is 5.92 Å². The molecule has 16 heavy (non-hydrogen) atoms. The number of nitrogens with zero attached hydrogens (tertiary/aromatic N) is 1. The van der Waals surface area contributed by atoms with Crippen LogP contribution in [0.25, 0.3) is 0 Å². The summed E-state index contributed by atoms with van der Waals surface area (Å²) in [5.41, 5.74) is 0. The van der Waals surface area contributed by atoms with E-state index in [1.807, 2.05) is 0 Å². The van der Waals surface area contributed by atoms with Gasteiger partial charge in [0.25, 0.3) is 0 Å². The van der Waals surface area contributed by atoms with Gasteiger partial charge in [0, 0.05) is 18.6 Å². The summed E-state index contributed by atoms with van der Waals surface area (Å²) in [5.74, 6) is 1.02. The van der Waals surface area contributed by atoms with Gasteiger partial charge in [-0.15, -0.1) is 0 Å².